The monoisotopic (exact) mass is 319 g/mol. The lowest BCUT2D eigenvalue weighted by Crippen LogP contribution is -2.20. The number of carbonyl (C=O) groups is 1. The summed E-state index contributed by atoms with van der Waals surface area (Å²) in [6.07, 6.45) is -8.89. The molecule has 0 saturated heterocycles. The van der Waals surface area contributed by atoms with Crippen LogP contribution in [-0.2, 0) is 14.3 Å². The molecule has 2 unspecified atom stereocenters. The van der Waals surface area contributed by atoms with Gasteiger partial charge in [-0.3, -0.25) is 14.9 Å². The number of benzene rings is 1. The number of hydrogen-bond donors (Lipinski definition) is 0. The van der Waals surface area contributed by atoms with Crippen LogP contribution in [0.3, 0.4) is 0 Å². The Morgan fingerprint density at radius 3 is 2.68 bits per heavy atom. The molecule has 1 aliphatic heterocycles. The molecule has 0 aromatic heterocycles. The first-order valence-corrected chi connectivity index (χ1v) is 6.40. The summed E-state index contributed by atoms with van der Waals surface area (Å²) in [5.41, 5.74) is -1.06. The zero-order valence-corrected chi connectivity index (χ0v) is 11.4. The minimum absolute atomic E-state index is 0.0536. The van der Waals surface area contributed by atoms with E-state index in [1.807, 2.05) is 0 Å². The van der Waals surface area contributed by atoms with Crippen LogP contribution in [0.5, 0.6) is 0 Å². The van der Waals surface area contributed by atoms with Gasteiger partial charge < -0.3 is 9.47 Å². The number of nitro groups is 1. The van der Waals surface area contributed by atoms with E-state index in [-0.39, 0.29) is 17.7 Å². The average molecular weight is 319 g/mol. The van der Waals surface area contributed by atoms with Crippen LogP contribution < -0.4 is 0 Å². The van der Waals surface area contributed by atoms with E-state index in [1.54, 1.807) is 6.92 Å². The Morgan fingerprint density at radius 2 is 2.14 bits per heavy atom. The van der Waals surface area contributed by atoms with Crippen molar-refractivity contribution in [2.75, 3.05) is 6.61 Å². The average Bonchev–Trinajstić information content (AvgIpc) is 2.77. The highest BCUT2D eigenvalue weighted by molar-refractivity contribution is 5.71. The van der Waals surface area contributed by atoms with Gasteiger partial charge in [0, 0.05) is 11.6 Å². The van der Waals surface area contributed by atoms with Crippen molar-refractivity contribution < 1.29 is 32.4 Å². The quantitative estimate of drug-likeness (QED) is 0.484. The number of esters is 1. The first kappa shape index (κ1) is 16.2. The Kier molecular flexibility index (Phi) is 4.36. The molecule has 1 heterocycles. The molecule has 1 aromatic carbocycles. The fourth-order valence-electron chi connectivity index (χ4n) is 2.39. The van der Waals surface area contributed by atoms with Gasteiger partial charge in [-0.25, -0.2) is 0 Å². The van der Waals surface area contributed by atoms with Crippen molar-refractivity contribution in [3.8, 4) is 0 Å². The fraction of sp³-hybridized carbons (Fsp3) is 0.462. The lowest BCUT2D eigenvalue weighted by Gasteiger charge is -2.16. The smallest absolute Gasteiger partial charge is 0.418 e. The van der Waals surface area contributed by atoms with E-state index in [0.29, 0.717) is 0 Å². The van der Waals surface area contributed by atoms with Crippen LogP contribution in [0.4, 0.5) is 18.9 Å². The number of alkyl halides is 3. The summed E-state index contributed by atoms with van der Waals surface area (Å²) in [7, 11) is 0. The summed E-state index contributed by atoms with van der Waals surface area (Å²) in [5, 5.41) is 11.0. The molecule has 9 heteroatoms. The molecular weight excluding hydrogens is 307 g/mol. The molecule has 2 rings (SSSR count). The number of hydrogen-bond acceptors (Lipinski definition) is 5. The maximum absolute atomic E-state index is 13.0. The molecule has 0 amide bonds. The molecule has 0 bridgehead atoms. The third-order valence-electron chi connectivity index (χ3n) is 3.17. The van der Waals surface area contributed by atoms with Gasteiger partial charge in [-0.1, -0.05) is 12.1 Å². The fourth-order valence-corrected chi connectivity index (χ4v) is 2.39. The Labute approximate surface area is 123 Å². The topological polar surface area (TPSA) is 78.7 Å². The predicted molar refractivity (Wildman–Crippen MR) is 67.0 cm³/mol. The Balaban J connectivity index is 2.45. The van der Waals surface area contributed by atoms with Gasteiger partial charge in [0.1, 0.15) is 6.10 Å². The van der Waals surface area contributed by atoms with Crippen LogP contribution in [0, 0.1) is 10.1 Å². The largest absolute Gasteiger partial charge is 0.466 e. The lowest BCUT2D eigenvalue weighted by molar-refractivity contribution is -0.386. The van der Waals surface area contributed by atoms with E-state index >= 15 is 0 Å². The first-order chi connectivity index (χ1) is 10.3. The van der Waals surface area contributed by atoms with E-state index in [0.717, 1.165) is 18.2 Å². The summed E-state index contributed by atoms with van der Waals surface area (Å²) in [6, 6.07) is 3.36. The Hall–Kier alpha value is -2.16. The van der Waals surface area contributed by atoms with Crippen molar-refractivity contribution >= 4 is 11.7 Å². The van der Waals surface area contributed by atoms with Gasteiger partial charge >= 0.3 is 12.1 Å². The molecule has 0 radical (unpaired) electrons. The molecule has 120 valence electrons. The number of rotatable bonds is 4. The molecule has 0 saturated carbocycles. The molecule has 0 N–H and O–H groups in total. The zero-order chi connectivity index (χ0) is 16.5. The third-order valence-corrected chi connectivity index (χ3v) is 3.17. The summed E-state index contributed by atoms with van der Waals surface area (Å²) in [4.78, 5) is 21.7. The van der Waals surface area contributed by atoms with E-state index in [9.17, 15) is 28.1 Å². The Bertz CT molecular complexity index is 602. The summed E-state index contributed by atoms with van der Waals surface area (Å²) in [6.45, 7) is 1.60. The van der Waals surface area contributed by atoms with Gasteiger partial charge in [0.25, 0.3) is 5.69 Å². The highest BCUT2D eigenvalue weighted by Gasteiger charge is 2.51. The maximum Gasteiger partial charge on any atom is 0.418 e. The molecule has 6 nitrogen and oxygen atoms in total. The molecule has 0 spiro atoms. The standard InChI is InChI=1S/C13H12F3NO5/c1-2-21-10(18)6-9-11-7(12(22-9)13(14,15)16)4-3-5-8(11)17(19)20/h3-5,9,12H,2,6H2,1H3. The molecule has 22 heavy (non-hydrogen) atoms. The number of nitrogens with zero attached hydrogens (tertiary/aromatic N) is 1. The van der Waals surface area contributed by atoms with Gasteiger partial charge in [0.2, 0.25) is 0 Å². The second-order valence-corrected chi connectivity index (χ2v) is 4.59. The molecule has 2 atom stereocenters. The molecule has 0 aliphatic carbocycles. The summed E-state index contributed by atoms with van der Waals surface area (Å²) in [5.74, 6) is -0.778. The van der Waals surface area contributed by atoms with Crippen LogP contribution in [0.15, 0.2) is 18.2 Å². The molecule has 0 fully saturated rings. The van der Waals surface area contributed by atoms with Crippen molar-refractivity contribution in [1.82, 2.24) is 0 Å². The van der Waals surface area contributed by atoms with Crippen LogP contribution in [0.25, 0.3) is 0 Å². The Morgan fingerprint density at radius 1 is 1.45 bits per heavy atom. The third kappa shape index (κ3) is 3.03. The number of ether oxygens (including phenoxy) is 2. The van der Waals surface area contributed by atoms with Crippen LogP contribution in [0.1, 0.15) is 36.7 Å². The first-order valence-electron chi connectivity index (χ1n) is 6.40. The van der Waals surface area contributed by atoms with Gasteiger partial charge in [0.15, 0.2) is 6.10 Å². The second-order valence-electron chi connectivity index (χ2n) is 4.59. The van der Waals surface area contributed by atoms with Crippen LogP contribution in [0.2, 0.25) is 0 Å². The van der Waals surface area contributed by atoms with Crippen molar-refractivity contribution in [2.24, 2.45) is 0 Å². The molecule has 1 aliphatic rings. The van der Waals surface area contributed by atoms with E-state index in [1.165, 1.54) is 0 Å². The highest BCUT2D eigenvalue weighted by atomic mass is 19.4. The van der Waals surface area contributed by atoms with E-state index in [4.69, 9.17) is 4.74 Å². The lowest BCUT2D eigenvalue weighted by atomic mass is 9.98. The minimum Gasteiger partial charge on any atom is -0.466 e. The number of nitro benzene ring substituents is 1. The summed E-state index contributed by atoms with van der Waals surface area (Å²) >= 11 is 0. The summed E-state index contributed by atoms with van der Waals surface area (Å²) < 4.78 is 48.6. The van der Waals surface area contributed by atoms with Crippen LogP contribution in [-0.4, -0.2) is 23.7 Å². The van der Waals surface area contributed by atoms with E-state index in [2.05, 4.69) is 4.74 Å². The number of halogens is 3. The number of carbonyl (C=O) groups excluding carboxylic acids is 1. The zero-order valence-electron chi connectivity index (χ0n) is 11.4. The molecule has 1 aromatic rings. The second kappa shape index (κ2) is 5.91. The highest BCUT2D eigenvalue weighted by Crippen LogP contribution is 2.51. The van der Waals surface area contributed by atoms with Crippen molar-refractivity contribution in [3.63, 3.8) is 0 Å². The minimum atomic E-state index is -4.73. The predicted octanol–water partition coefficient (Wildman–Crippen LogP) is 3.22. The van der Waals surface area contributed by atoms with E-state index < -0.39 is 41.4 Å². The SMILES string of the molecule is CCOC(=O)CC1OC(C(F)(F)F)c2cccc([N+](=O)[O-])c21. The van der Waals surface area contributed by atoms with Crippen molar-refractivity contribution in [1.29, 1.82) is 0 Å². The van der Waals surface area contributed by atoms with Gasteiger partial charge in [0.05, 0.1) is 23.5 Å². The maximum atomic E-state index is 13.0. The van der Waals surface area contributed by atoms with Gasteiger partial charge in [-0.2, -0.15) is 13.2 Å². The van der Waals surface area contributed by atoms with Crippen LogP contribution >= 0.6 is 0 Å². The van der Waals surface area contributed by atoms with Crippen molar-refractivity contribution in [3.05, 3.63) is 39.4 Å². The van der Waals surface area contributed by atoms with Crippen molar-refractivity contribution in [2.45, 2.75) is 31.7 Å². The normalized spacial score (nSPS) is 20.5. The number of fused-ring (bicyclic) bond motifs is 1. The van der Waals surface area contributed by atoms with Gasteiger partial charge in [-0.15, -0.1) is 0 Å². The van der Waals surface area contributed by atoms with Gasteiger partial charge in [-0.05, 0) is 6.92 Å². The molecular formula is C13H12F3NO5.